The van der Waals surface area contributed by atoms with Crippen LogP contribution in [0.4, 0.5) is 0 Å². The number of benzene rings is 5. The van der Waals surface area contributed by atoms with Crippen molar-refractivity contribution in [3.05, 3.63) is 139 Å². The molecule has 48 heavy (non-hydrogen) atoms. The van der Waals surface area contributed by atoms with Gasteiger partial charge in [-0.1, -0.05) is 109 Å². The van der Waals surface area contributed by atoms with Gasteiger partial charge in [0.15, 0.2) is 17.5 Å². The van der Waals surface area contributed by atoms with E-state index in [2.05, 4.69) is 91.0 Å². The number of hydrogen-bond donors (Lipinski definition) is 0. The monoisotopic (exact) mass is 620 g/mol. The summed E-state index contributed by atoms with van der Waals surface area (Å²) in [5, 5.41) is 9.59. The molecule has 0 radical (unpaired) electrons. The predicted octanol–water partition coefficient (Wildman–Crippen LogP) is 10.5. The molecule has 0 saturated heterocycles. The highest BCUT2D eigenvalue weighted by Crippen LogP contribution is 2.60. The van der Waals surface area contributed by atoms with Gasteiger partial charge in [-0.05, 0) is 108 Å². The molecule has 0 unspecified atom stereocenters. The highest BCUT2D eigenvalue weighted by atomic mass is 15.0. The van der Waals surface area contributed by atoms with Gasteiger partial charge in [-0.25, -0.2) is 15.0 Å². The van der Waals surface area contributed by atoms with Gasteiger partial charge in [-0.3, -0.25) is 0 Å². The van der Waals surface area contributed by atoms with Crippen LogP contribution in [-0.2, 0) is 5.41 Å². The lowest BCUT2D eigenvalue weighted by Gasteiger charge is -2.57. The summed E-state index contributed by atoms with van der Waals surface area (Å²) in [7, 11) is 0. The number of nitriles is 1. The lowest BCUT2D eigenvalue weighted by Crippen LogP contribution is -2.48. The topological polar surface area (TPSA) is 62.5 Å². The van der Waals surface area contributed by atoms with Crippen LogP contribution in [0.5, 0.6) is 0 Å². The molecule has 4 bridgehead atoms. The van der Waals surface area contributed by atoms with Crippen LogP contribution < -0.4 is 0 Å². The zero-order valence-electron chi connectivity index (χ0n) is 26.9. The molecule has 0 N–H and O–H groups in total. The zero-order valence-corrected chi connectivity index (χ0v) is 26.9. The maximum absolute atomic E-state index is 9.59. The van der Waals surface area contributed by atoms with Crippen LogP contribution >= 0.6 is 0 Å². The minimum atomic E-state index is 0.356. The van der Waals surface area contributed by atoms with E-state index in [1.807, 2.05) is 42.5 Å². The van der Waals surface area contributed by atoms with Gasteiger partial charge in [-0.2, -0.15) is 5.26 Å². The van der Waals surface area contributed by atoms with Gasteiger partial charge in [-0.15, -0.1) is 0 Å². The normalized spacial score (nSPS) is 22.4. The first-order valence-electron chi connectivity index (χ1n) is 17.3. The van der Waals surface area contributed by atoms with E-state index in [1.54, 1.807) is 0 Å². The molecule has 1 heterocycles. The summed E-state index contributed by atoms with van der Waals surface area (Å²) in [6.45, 7) is 0. The van der Waals surface area contributed by atoms with Gasteiger partial charge < -0.3 is 0 Å². The molecule has 232 valence electrons. The van der Waals surface area contributed by atoms with Crippen LogP contribution in [0.1, 0.15) is 49.7 Å². The quantitative estimate of drug-likeness (QED) is 0.186. The average Bonchev–Trinajstić information content (AvgIpc) is 3.15. The van der Waals surface area contributed by atoms with E-state index < -0.39 is 0 Å². The molecule has 0 aliphatic heterocycles. The Morgan fingerprint density at radius 3 is 1.60 bits per heavy atom. The Balaban J connectivity index is 1.15. The third kappa shape index (κ3) is 5.20. The summed E-state index contributed by atoms with van der Waals surface area (Å²) in [6, 6.07) is 46.2. The van der Waals surface area contributed by atoms with Gasteiger partial charge in [0.05, 0.1) is 11.6 Å². The highest BCUT2D eigenvalue weighted by Gasteiger charge is 2.51. The summed E-state index contributed by atoms with van der Waals surface area (Å²) >= 11 is 0. The Labute approximate surface area is 282 Å². The predicted molar refractivity (Wildman–Crippen MR) is 192 cm³/mol. The van der Waals surface area contributed by atoms with E-state index in [1.165, 1.54) is 44.1 Å². The van der Waals surface area contributed by atoms with Crippen molar-refractivity contribution in [1.29, 1.82) is 5.26 Å². The molecule has 10 rings (SSSR count). The minimum absolute atomic E-state index is 0.356. The van der Waals surface area contributed by atoms with Crippen LogP contribution in [0, 0.1) is 29.1 Å². The lowest BCUT2D eigenvalue weighted by atomic mass is 9.48. The summed E-state index contributed by atoms with van der Waals surface area (Å²) in [4.78, 5) is 15.2. The van der Waals surface area contributed by atoms with Crippen LogP contribution in [0.15, 0.2) is 127 Å². The first-order chi connectivity index (χ1) is 23.6. The summed E-state index contributed by atoms with van der Waals surface area (Å²) in [5.41, 5.74) is 9.60. The van der Waals surface area contributed by atoms with E-state index in [0.717, 1.165) is 56.7 Å². The standard InChI is InChI=1S/C44H36N4/c45-28-29-8-7-13-36(23-29)39-19-16-37(24-40(39)33-9-3-1-4-10-33)43-47-41(34-11-5-2-6-12-34)46-42(48-43)35-14-17-38(18-15-35)44-25-30-20-31(26-44)22-32(21-30)27-44/h1-19,23-24,30-32H,20-22,25-27H2/t30-,31-,32-,44?. The fourth-order valence-corrected chi connectivity index (χ4v) is 9.34. The highest BCUT2D eigenvalue weighted by molar-refractivity contribution is 5.87. The Kier molecular flexibility index (Phi) is 7.01. The lowest BCUT2D eigenvalue weighted by molar-refractivity contribution is -0.00518. The maximum Gasteiger partial charge on any atom is 0.164 e. The van der Waals surface area contributed by atoms with Crippen molar-refractivity contribution in [3.63, 3.8) is 0 Å². The Morgan fingerprint density at radius 2 is 1.00 bits per heavy atom. The van der Waals surface area contributed by atoms with Gasteiger partial charge in [0.25, 0.3) is 0 Å². The summed E-state index contributed by atoms with van der Waals surface area (Å²) in [6.07, 6.45) is 8.41. The van der Waals surface area contributed by atoms with E-state index in [0.29, 0.717) is 28.5 Å². The van der Waals surface area contributed by atoms with E-state index >= 15 is 0 Å². The van der Waals surface area contributed by atoms with Crippen LogP contribution in [0.3, 0.4) is 0 Å². The molecule has 4 nitrogen and oxygen atoms in total. The molecular formula is C44H36N4. The Morgan fingerprint density at radius 1 is 0.479 bits per heavy atom. The number of hydrogen-bond acceptors (Lipinski definition) is 4. The zero-order chi connectivity index (χ0) is 32.1. The Hall–Kier alpha value is -5.40. The molecule has 4 heteroatoms. The maximum atomic E-state index is 9.59. The Bertz CT molecular complexity index is 2130. The fourth-order valence-electron chi connectivity index (χ4n) is 9.34. The van der Waals surface area contributed by atoms with E-state index in [4.69, 9.17) is 15.0 Å². The van der Waals surface area contributed by atoms with Crippen molar-refractivity contribution in [2.45, 2.75) is 43.9 Å². The minimum Gasteiger partial charge on any atom is -0.208 e. The van der Waals surface area contributed by atoms with Crippen molar-refractivity contribution >= 4 is 0 Å². The van der Waals surface area contributed by atoms with Crippen LogP contribution in [0.2, 0.25) is 0 Å². The number of rotatable bonds is 6. The summed E-state index contributed by atoms with van der Waals surface area (Å²) in [5.74, 6) is 4.73. The molecule has 4 saturated carbocycles. The third-order valence-corrected chi connectivity index (χ3v) is 11.1. The SMILES string of the molecule is N#Cc1cccc(-c2ccc(-c3nc(-c4ccccc4)nc(-c4ccc(C56C[C@H]7C[C@H](C5)C[C@@H](C6)C7)cc4)n3)cc2-c2ccccc2)c1. The van der Waals surface area contributed by atoms with Gasteiger partial charge >= 0.3 is 0 Å². The van der Waals surface area contributed by atoms with Crippen LogP contribution in [-0.4, -0.2) is 15.0 Å². The van der Waals surface area contributed by atoms with Gasteiger partial charge in [0.2, 0.25) is 0 Å². The average molecular weight is 621 g/mol. The van der Waals surface area contributed by atoms with Crippen molar-refractivity contribution < 1.29 is 0 Å². The van der Waals surface area contributed by atoms with Gasteiger partial charge in [0.1, 0.15) is 0 Å². The third-order valence-electron chi connectivity index (χ3n) is 11.1. The largest absolute Gasteiger partial charge is 0.208 e. The van der Waals surface area contributed by atoms with Crippen molar-refractivity contribution in [2.75, 3.05) is 0 Å². The van der Waals surface area contributed by atoms with E-state index in [-0.39, 0.29) is 0 Å². The summed E-state index contributed by atoms with van der Waals surface area (Å²) < 4.78 is 0. The molecule has 6 aromatic rings. The first-order valence-corrected chi connectivity index (χ1v) is 17.3. The molecule has 4 aliphatic rings. The number of nitrogens with zero attached hydrogens (tertiary/aromatic N) is 4. The molecule has 0 atom stereocenters. The molecule has 0 amide bonds. The molecule has 1 aromatic heterocycles. The van der Waals surface area contributed by atoms with Crippen LogP contribution in [0.25, 0.3) is 56.4 Å². The van der Waals surface area contributed by atoms with Crippen molar-refractivity contribution in [1.82, 2.24) is 15.0 Å². The number of aromatic nitrogens is 3. The second-order valence-electron chi connectivity index (χ2n) is 14.3. The second-order valence-corrected chi connectivity index (χ2v) is 14.3. The van der Waals surface area contributed by atoms with E-state index in [9.17, 15) is 5.26 Å². The van der Waals surface area contributed by atoms with Gasteiger partial charge in [0, 0.05) is 16.7 Å². The molecule has 5 aromatic carbocycles. The van der Waals surface area contributed by atoms with Crippen molar-refractivity contribution in [3.8, 4) is 62.5 Å². The van der Waals surface area contributed by atoms with Crippen molar-refractivity contribution in [2.24, 2.45) is 17.8 Å². The molecular weight excluding hydrogens is 585 g/mol. The smallest absolute Gasteiger partial charge is 0.164 e. The first kappa shape index (κ1) is 28.8. The molecule has 4 aliphatic carbocycles. The second kappa shape index (κ2) is 11.7. The fraction of sp³-hybridized carbons (Fsp3) is 0.227. The molecule has 4 fully saturated rings. The molecule has 0 spiro atoms.